The third-order valence-electron chi connectivity index (χ3n) is 3.50. The number of rotatable bonds is 4. The number of hydrogen-bond acceptors (Lipinski definition) is 2. The summed E-state index contributed by atoms with van der Waals surface area (Å²) in [6.45, 7) is 1.53. The van der Waals surface area contributed by atoms with Crippen molar-refractivity contribution >= 4 is 17.7 Å². The molecule has 3 N–H and O–H groups in total. The Morgan fingerprint density at radius 3 is 2.70 bits per heavy atom. The van der Waals surface area contributed by atoms with Crippen LogP contribution >= 0.6 is 0 Å². The molecule has 5 heteroatoms. The summed E-state index contributed by atoms with van der Waals surface area (Å²) in [5.74, 6) is 1.44. The number of carbonyl (C=O) groups excluding carboxylic acids is 1. The molecule has 0 aliphatic heterocycles. The van der Waals surface area contributed by atoms with Crippen molar-refractivity contribution in [2.75, 3.05) is 5.32 Å². The summed E-state index contributed by atoms with van der Waals surface area (Å²) >= 11 is 0. The fourth-order valence-electron chi connectivity index (χ4n) is 2.08. The summed E-state index contributed by atoms with van der Waals surface area (Å²) in [6, 6.07) is 6.26. The zero-order chi connectivity index (χ0) is 14.8. The SMILES string of the molecule is C#Cc1cccc(NC(=O)NC(C)(C(=O)O)C2CC2)c1. The van der Waals surface area contributed by atoms with Gasteiger partial charge in [0.25, 0.3) is 0 Å². The van der Waals surface area contributed by atoms with Crippen LogP contribution in [0.5, 0.6) is 0 Å². The Hall–Kier alpha value is -2.48. The lowest BCUT2D eigenvalue weighted by Crippen LogP contribution is -2.55. The molecule has 0 saturated heterocycles. The smallest absolute Gasteiger partial charge is 0.329 e. The summed E-state index contributed by atoms with van der Waals surface area (Å²) < 4.78 is 0. The summed E-state index contributed by atoms with van der Waals surface area (Å²) in [5, 5.41) is 14.4. The van der Waals surface area contributed by atoms with E-state index in [0.29, 0.717) is 11.3 Å². The van der Waals surface area contributed by atoms with Crippen LogP contribution in [0.3, 0.4) is 0 Å². The first-order chi connectivity index (χ1) is 9.45. The molecule has 1 aliphatic carbocycles. The minimum Gasteiger partial charge on any atom is -0.480 e. The third kappa shape index (κ3) is 2.91. The monoisotopic (exact) mass is 272 g/mol. The van der Waals surface area contributed by atoms with E-state index >= 15 is 0 Å². The van der Waals surface area contributed by atoms with Crippen LogP contribution in [0.25, 0.3) is 0 Å². The average molecular weight is 272 g/mol. The summed E-state index contributed by atoms with van der Waals surface area (Å²) in [5.41, 5.74) is -0.0548. The fraction of sp³-hybridized carbons (Fsp3) is 0.333. The topological polar surface area (TPSA) is 78.4 Å². The number of benzene rings is 1. The van der Waals surface area contributed by atoms with Crippen molar-refractivity contribution in [3.63, 3.8) is 0 Å². The highest BCUT2D eigenvalue weighted by molar-refractivity contribution is 5.94. The van der Waals surface area contributed by atoms with Gasteiger partial charge in [0.05, 0.1) is 0 Å². The maximum Gasteiger partial charge on any atom is 0.329 e. The second kappa shape index (κ2) is 5.25. The summed E-state index contributed by atoms with van der Waals surface area (Å²) in [6.07, 6.45) is 6.91. The van der Waals surface area contributed by atoms with Gasteiger partial charge in [0, 0.05) is 11.3 Å². The lowest BCUT2D eigenvalue weighted by Gasteiger charge is -2.26. The number of urea groups is 1. The molecule has 1 aromatic carbocycles. The molecule has 0 spiro atoms. The van der Waals surface area contributed by atoms with Gasteiger partial charge in [-0.3, -0.25) is 0 Å². The van der Waals surface area contributed by atoms with E-state index in [0.717, 1.165) is 12.8 Å². The van der Waals surface area contributed by atoms with Gasteiger partial charge >= 0.3 is 12.0 Å². The van der Waals surface area contributed by atoms with Crippen LogP contribution in [0.4, 0.5) is 10.5 Å². The number of carboxylic acid groups (broad SMARTS) is 1. The van der Waals surface area contributed by atoms with E-state index in [1.165, 1.54) is 6.92 Å². The molecule has 2 amide bonds. The van der Waals surface area contributed by atoms with Crippen molar-refractivity contribution < 1.29 is 14.7 Å². The van der Waals surface area contributed by atoms with Gasteiger partial charge < -0.3 is 15.7 Å². The summed E-state index contributed by atoms with van der Waals surface area (Å²) in [7, 11) is 0. The maximum atomic E-state index is 11.9. The van der Waals surface area contributed by atoms with Crippen molar-refractivity contribution in [3.05, 3.63) is 29.8 Å². The Morgan fingerprint density at radius 1 is 1.45 bits per heavy atom. The van der Waals surface area contributed by atoms with E-state index in [1.54, 1.807) is 24.3 Å². The molecule has 0 bridgehead atoms. The van der Waals surface area contributed by atoms with Gasteiger partial charge in [0.1, 0.15) is 5.54 Å². The van der Waals surface area contributed by atoms with Gasteiger partial charge in [0.2, 0.25) is 0 Å². The lowest BCUT2D eigenvalue weighted by molar-refractivity contribution is -0.144. The zero-order valence-corrected chi connectivity index (χ0v) is 11.1. The molecule has 0 aromatic heterocycles. The number of carbonyl (C=O) groups is 2. The van der Waals surface area contributed by atoms with E-state index in [2.05, 4.69) is 16.6 Å². The van der Waals surface area contributed by atoms with E-state index in [9.17, 15) is 14.7 Å². The van der Waals surface area contributed by atoms with Crippen LogP contribution in [0.1, 0.15) is 25.3 Å². The molecule has 20 heavy (non-hydrogen) atoms. The quantitative estimate of drug-likeness (QED) is 0.734. The Morgan fingerprint density at radius 2 is 2.15 bits per heavy atom. The Kier molecular flexibility index (Phi) is 3.66. The molecule has 1 atom stereocenters. The average Bonchev–Trinajstić information content (AvgIpc) is 3.23. The Labute approximate surface area is 117 Å². The van der Waals surface area contributed by atoms with Crippen molar-refractivity contribution in [2.24, 2.45) is 5.92 Å². The number of terminal acetylenes is 1. The van der Waals surface area contributed by atoms with Crippen LogP contribution in [-0.2, 0) is 4.79 Å². The minimum atomic E-state index is -1.23. The fourth-order valence-corrected chi connectivity index (χ4v) is 2.08. The molecule has 1 aliphatic rings. The second-order valence-electron chi connectivity index (χ2n) is 5.09. The first-order valence-electron chi connectivity index (χ1n) is 6.35. The van der Waals surface area contributed by atoms with E-state index in [4.69, 9.17) is 6.42 Å². The lowest BCUT2D eigenvalue weighted by atomic mass is 9.96. The molecule has 1 unspecified atom stereocenters. The molecule has 1 fully saturated rings. The highest BCUT2D eigenvalue weighted by Gasteiger charge is 2.48. The number of amides is 2. The number of hydrogen-bond donors (Lipinski definition) is 3. The highest BCUT2D eigenvalue weighted by Crippen LogP contribution is 2.39. The van der Waals surface area contributed by atoms with Crippen molar-refractivity contribution in [1.82, 2.24) is 5.32 Å². The molecule has 0 heterocycles. The molecule has 1 aromatic rings. The number of carboxylic acids is 1. The highest BCUT2D eigenvalue weighted by atomic mass is 16.4. The first kappa shape index (κ1) is 13.9. The molecule has 5 nitrogen and oxygen atoms in total. The van der Waals surface area contributed by atoms with Gasteiger partial charge in [-0.05, 0) is 43.9 Å². The van der Waals surface area contributed by atoms with Gasteiger partial charge in [0.15, 0.2) is 0 Å². The predicted molar refractivity (Wildman–Crippen MR) is 75.3 cm³/mol. The number of anilines is 1. The maximum absolute atomic E-state index is 11.9. The molecule has 2 rings (SSSR count). The second-order valence-corrected chi connectivity index (χ2v) is 5.09. The summed E-state index contributed by atoms with van der Waals surface area (Å²) in [4.78, 5) is 23.2. The van der Waals surface area contributed by atoms with Gasteiger partial charge in [-0.1, -0.05) is 12.0 Å². The van der Waals surface area contributed by atoms with E-state index in [-0.39, 0.29) is 5.92 Å². The van der Waals surface area contributed by atoms with Crippen LogP contribution in [-0.4, -0.2) is 22.6 Å². The predicted octanol–water partition coefficient (Wildman–Crippen LogP) is 2.04. The molecule has 1 saturated carbocycles. The van der Waals surface area contributed by atoms with Crippen molar-refractivity contribution in [1.29, 1.82) is 0 Å². The van der Waals surface area contributed by atoms with Gasteiger partial charge in [-0.15, -0.1) is 6.42 Å². The standard InChI is InChI=1S/C15H16N2O3/c1-3-10-5-4-6-12(9-10)16-14(20)17-15(2,13(18)19)11-7-8-11/h1,4-6,9,11H,7-8H2,2H3,(H,18,19)(H2,16,17,20). The normalized spacial score (nSPS) is 16.6. The number of nitrogens with one attached hydrogen (secondary N) is 2. The molecular formula is C15H16N2O3. The molecule has 0 radical (unpaired) electrons. The van der Waals surface area contributed by atoms with Crippen molar-refractivity contribution in [2.45, 2.75) is 25.3 Å². The zero-order valence-electron chi connectivity index (χ0n) is 11.1. The Balaban J connectivity index is 2.05. The minimum absolute atomic E-state index is 0.0113. The third-order valence-corrected chi connectivity index (χ3v) is 3.50. The first-order valence-corrected chi connectivity index (χ1v) is 6.35. The van der Waals surface area contributed by atoms with Crippen LogP contribution < -0.4 is 10.6 Å². The number of aliphatic carboxylic acids is 1. The van der Waals surface area contributed by atoms with Gasteiger partial charge in [-0.25, -0.2) is 9.59 Å². The molecule has 104 valence electrons. The van der Waals surface area contributed by atoms with Crippen LogP contribution in [0.15, 0.2) is 24.3 Å². The Bertz CT molecular complexity index is 587. The van der Waals surface area contributed by atoms with Crippen LogP contribution in [0, 0.1) is 18.3 Å². The van der Waals surface area contributed by atoms with Crippen molar-refractivity contribution in [3.8, 4) is 12.3 Å². The molecular weight excluding hydrogens is 256 g/mol. The largest absolute Gasteiger partial charge is 0.480 e. The van der Waals surface area contributed by atoms with E-state index < -0.39 is 17.5 Å². The van der Waals surface area contributed by atoms with Gasteiger partial charge in [-0.2, -0.15) is 0 Å². The van der Waals surface area contributed by atoms with Crippen LogP contribution in [0.2, 0.25) is 0 Å². The van der Waals surface area contributed by atoms with E-state index in [1.807, 2.05) is 0 Å².